The second-order valence-electron chi connectivity index (χ2n) is 4.42. The lowest BCUT2D eigenvalue weighted by atomic mass is 9.98. The number of pyridine rings is 1. The number of hydrogen-bond acceptors (Lipinski definition) is 4. The highest BCUT2D eigenvalue weighted by atomic mass is 35.5. The third-order valence-corrected chi connectivity index (χ3v) is 3.12. The number of anilines is 1. The third kappa shape index (κ3) is 3.75. The molecular weight excluding hydrogens is 238 g/mol. The average molecular weight is 258 g/mol. The van der Waals surface area contributed by atoms with E-state index in [1.54, 1.807) is 18.3 Å². The molecule has 1 aromatic heterocycles. The Balaban J connectivity index is 0.00000144. The van der Waals surface area contributed by atoms with E-state index in [1.165, 1.54) is 12.8 Å². The van der Waals surface area contributed by atoms with Gasteiger partial charge in [-0.15, -0.1) is 12.4 Å². The quantitative estimate of drug-likeness (QED) is 0.865. The van der Waals surface area contributed by atoms with Crippen molar-refractivity contribution < 1.29 is 5.11 Å². The van der Waals surface area contributed by atoms with Crippen molar-refractivity contribution in [1.82, 2.24) is 10.3 Å². The van der Waals surface area contributed by atoms with Crippen LogP contribution < -0.4 is 10.2 Å². The van der Waals surface area contributed by atoms with E-state index < -0.39 is 0 Å². The van der Waals surface area contributed by atoms with Gasteiger partial charge in [0.2, 0.25) is 0 Å². The highest BCUT2D eigenvalue weighted by Crippen LogP contribution is 2.24. The Morgan fingerprint density at radius 2 is 2.18 bits per heavy atom. The van der Waals surface area contributed by atoms with Crippen molar-refractivity contribution in [2.45, 2.75) is 12.8 Å². The molecule has 2 rings (SSSR count). The van der Waals surface area contributed by atoms with Gasteiger partial charge in [0.1, 0.15) is 0 Å². The number of nitrogens with one attached hydrogen (secondary N) is 1. The van der Waals surface area contributed by atoms with Crippen LogP contribution in [0, 0.1) is 5.92 Å². The summed E-state index contributed by atoms with van der Waals surface area (Å²) in [6, 6.07) is 3.43. The first-order valence-corrected chi connectivity index (χ1v) is 5.83. The number of aromatic hydroxyl groups is 1. The van der Waals surface area contributed by atoms with Crippen LogP contribution in [0.1, 0.15) is 12.8 Å². The highest BCUT2D eigenvalue weighted by Gasteiger charge is 2.17. The standard InChI is InChI=1S/C12H19N3O.ClH/c1-15(9-10-4-7-13-8-5-10)12-11(16)3-2-6-14-12;/h2-3,6,10,13,16H,4-5,7-9H2,1H3;1H. The zero-order valence-corrected chi connectivity index (χ0v) is 10.9. The van der Waals surface area contributed by atoms with Crippen molar-refractivity contribution in [3.63, 3.8) is 0 Å². The second kappa shape index (κ2) is 6.67. The molecule has 0 amide bonds. The van der Waals surface area contributed by atoms with E-state index in [0.29, 0.717) is 11.7 Å². The zero-order chi connectivity index (χ0) is 11.4. The lowest BCUT2D eigenvalue weighted by Gasteiger charge is -2.28. The van der Waals surface area contributed by atoms with Gasteiger partial charge in [0.25, 0.3) is 0 Å². The molecule has 0 radical (unpaired) electrons. The Morgan fingerprint density at radius 1 is 1.47 bits per heavy atom. The number of piperidine rings is 1. The third-order valence-electron chi connectivity index (χ3n) is 3.12. The fraction of sp³-hybridized carbons (Fsp3) is 0.583. The largest absolute Gasteiger partial charge is 0.504 e. The summed E-state index contributed by atoms with van der Waals surface area (Å²) in [7, 11) is 1.99. The molecule has 0 spiro atoms. The minimum atomic E-state index is 0. The van der Waals surface area contributed by atoms with E-state index in [0.717, 1.165) is 19.6 Å². The Labute approximate surface area is 108 Å². The van der Waals surface area contributed by atoms with Crippen molar-refractivity contribution >= 4 is 18.2 Å². The molecule has 96 valence electrons. The van der Waals surface area contributed by atoms with E-state index in [1.807, 2.05) is 11.9 Å². The molecule has 1 fully saturated rings. The minimum absolute atomic E-state index is 0. The van der Waals surface area contributed by atoms with Gasteiger partial charge in [-0.05, 0) is 44.0 Å². The van der Waals surface area contributed by atoms with Crippen LogP contribution in [0.2, 0.25) is 0 Å². The van der Waals surface area contributed by atoms with Crippen molar-refractivity contribution in [2.24, 2.45) is 5.92 Å². The summed E-state index contributed by atoms with van der Waals surface area (Å²) in [5.74, 6) is 1.65. The normalized spacial score (nSPS) is 16.3. The Morgan fingerprint density at radius 3 is 2.82 bits per heavy atom. The number of hydrogen-bond donors (Lipinski definition) is 2. The summed E-state index contributed by atoms with van der Waals surface area (Å²) in [4.78, 5) is 6.25. The fourth-order valence-electron chi connectivity index (χ4n) is 2.22. The van der Waals surface area contributed by atoms with Crippen molar-refractivity contribution in [3.8, 4) is 5.75 Å². The molecule has 0 unspecified atom stereocenters. The van der Waals surface area contributed by atoms with Gasteiger partial charge in [-0.2, -0.15) is 0 Å². The van der Waals surface area contributed by atoms with E-state index in [-0.39, 0.29) is 18.2 Å². The smallest absolute Gasteiger partial charge is 0.170 e. The van der Waals surface area contributed by atoms with Gasteiger partial charge in [-0.1, -0.05) is 0 Å². The molecule has 4 nitrogen and oxygen atoms in total. The molecule has 0 saturated carbocycles. The van der Waals surface area contributed by atoms with Crippen molar-refractivity contribution in [2.75, 3.05) is 31.6 Å². The van der Waals surface area contributed by atoms with Crippen LogP contribution in [0.15, 0.2) is 18.3 Å². The molecule has 5 heteroatoms. The van der Waals surface area contributed by atoms with Crippen molar-refractivity contribution in [3.05, 3.63) is 18.3 Å². The molecule has 1 aliphatic rings. The Hall–Kier alpha value is -1.00. The summed E-state index contributed by atoms with van der Waals surface area (Å²) in [6.45, 7) is 3.17. The fourth-order valence-corrected chi connectivity index (χ4v) is 2.22. The average Bonchev–Trinajstić information content (AvgIpc) is 2.31. The van der Waals surface area contributed by atoms with Gasteiger partial charge < -0.3 is 15.3 Å². The Bertz CT molecular complexity index is 342. The first-order chi connectivity index (χ1) is 7.77. The molecule has 1 saturated heterocycles. The lowest BCUT2D eigenvalue weighted by molar-refractivity contribution is 0.376. The van der Waals surface area contributed by atoms with E-state index in [4.69, 9.17) is 0 Å². The minimum Gasteiger partial charge on any atom is -0.504 e. The first kappa shape index (κ1) is 14.1. The molecule has 0 atom stereocenters. The lowest BCUT2D eigenvalue weighted by Crippen LogP contribution is -2.34. The Kier molecular flexibility index (Phi) is 5.51. The second-order valence-corrected chi connectivity index (χ2v) is 4.42. The van der Waals surface area contributed by atoms with Crippen LogP contribution >= 0.6 is 12.4 Å². The first-order valence-electron chi connectivity index (χ1n) is 5.83. The van der Waals surface area contributed by atoms with Gasteiger partial charge in [0.05, 0.1) is 0 Å². The molecule has 17 heavy (non-hydrogen) atoms. The molecule has 1 aromatic rings. The summed E-state index contributed by atoms with van der Waals surface area (Å²) in [6.07, 6.45) is 4.13. The molecule has 0 bridgehead atoms. The maximum atomic E-state index is 9.69. The SMILES string of the molecule is CN(CC1CCNCC1)c1ncccc1O.Cl. The van der Waals surface area contributed by atoms with Crippen LogP contribution in [0.4, 0.5) is 5.82 Å². The molecular formula is C12H20ClN3O. The number of nitrogens with zero attached hydrogens (tertiary/aromatic N) is 2. The van der Waals surface area contributed by atoms with Crippen molar-refractivity contribution in [1.29, 1.82) is 0 Å². The number of rotatable bonds is 3. The number of aromatic nitrogens is 1. The molecule has 0 aliphatic carbocycles. The predicted molar refractivity (Wildman–Crippen MR) is 72.0 cm³/mol. The van der Waals surface area contributed by atoms with Gasteiger partial charge in [0, 0.05) is 19.8 Å². The monoisotopic (exact) mass is 257 g/mol. The van der Waals surface area contributed by atoms with Crippen LogP contribution in [0.5, 0.6) is 5.75 Å². The molecule has 1 aliphatic heterocycles. The summed E-state index contributed by atoms with van der Waals surface area (Å²) in [5, 5.41) is 13.0. The van der Waals surface area contributed by atoms with Gasteiger partial charge >= 0.3 is 0 Å². The zero-order valence-electron chi connectivity index (χ0n) is 10.1. The maximum absolute atomic E-state index is 9.69. The van der Waals surface area contributed by atoms with Crippen LogP contribution in [-0.2, 0) is 0 Å². The summed E-state index contributed by atoms with van der Waals surface area (Å²) in [5.41, 5.74) is 0. The van der Waals surface area contributed by atoms with Crippen LogP contribution in [0.3, 0.4) is 0 Å². The summed E-state index contributed by atoms with van der Waals surface area (Å²) >= 11 is 0. The van der Waals surface area contributed by atoms with Gasteiger partial charge in [-0.25, -0.2) is 4.98 Å². The number of halogens is 1. The van der Waals surface area contributed by atoms with E-state index in [9.17, 15) is 5.11 Å². The van der Waals surface area contributed by atoms with Crippen LogP contribution in [0.25, 0.3) is 0 Å². The molecule has 2 N–H and O–H groups in total. The van der Waals surface area contributed by atoms with E-state index >= 15 is 0 Å². The molecule has 2 heterocycles. The maximum Gasteiger partial charge on any atom is 0.170 e. The summed E-state index contributed by atoms with van der Waals surface area (Å²) < 4.78 is 0. The van der Waals surface area contributed by atoms with Gasteiger partial charge in [-0.3, -0.25) is 0 Å². The topological polar surface area (TPSA) is 48.4 Å². The molecule has 0 aromatic carbocycles. The predicted octanol–water partition coefficient (Wildman–Crippen LogP) is 1.64. The van der Waals surface area contributed by atoms with Gasteiger partial charge in [0.15, 0.2) is 11.6 Å². The van der Waals surface area contributed by atoms with E-state index in [2.05, 4.69) is 10.3 Å². The highest BCUT2D eigenvalue weighted by molar-refractivity contribution is 5.85. The van der Waals surface area contributed by atoms with Crippen LogP contribution in [-0.4, -0.2) is 36.8 Å².